The van der Waals surface area contributed by atoms with Crippen LogP contribution in [0.25, 0.3) is 0 Å². The number of nitriles is 1. The van der Waals surface area contributed by atoms with Crippen LogP contribution in [0.2, 0.25) is 0 Å². The minimum Gasteiger partial charge on any atom is -0.321 e. The summed E-state index contributed by atoms with van der Waals surface area (Å²) in [4.78, 5) is 12.9. The average Bonchev–Trinajstić information content (AvgIpc) is 2.90. The molecule has 21 heavy (non-hydrogen) atoms. The lowest BCUT2D eigenvalue weighted by atomic mass is 9.91. The molecule has 0 radical (unpaired) electrons. The number of benzene rings is 1. The third-order valence-corrected chi connectivity index (χ3v) is 3.62. The van der Waals surface area contributed by atoms with Crippen molar-refractivity contribution >= 4 is 23.1 Å². The molecule has 5 nitrogen and oxygen atoms in total. The number of hydrogen-bond donors (Lipinski definition) is 1. The summed E-state index contributed by atoms with van der Waals surface area (Å²) in [5, 5.41) is 15.5. The van der Waals surface area contributed by atoms with Crippen LogP contribution >= 0.6 is 11.5 Å². The summed E-state index contributed by atoms with van der Waals surface area (Å²) in [6, 6.07) is 9.32. The van der Waals surface area contributed by atoms with Gasteiger partial charge in [-0.3, -0.25) is 4.79 Å². The summed E-state index contributed by atoms with van der Waals surface area (Å²) in [6.45, 7) is 5.99. The van der Waals surface area contributed by atoms with Crippen molar-refractivity contribution in [3.05, 3.63) is 40.4 Å². The van der Waals surface area contributed by atoms with E-state index in [1.165, 1.54) is 0 Å². The number of carbonyl (C=O) groups excluding carboxylic acids is 1. The van der Waals surface area contributed by atoms with Gasteiger partial charge in [0.1, 0.15) is 4.88 Å². The molecule has 0 saturated carbocycles. The molecule has 2 rings (SSSR count). The van der Waals surface area contributed by atoms with E-state index < -0.39 is 0 Å². The van der Waals surface area contributed by atoms with E-state index in [1.54, 1.807) is 12.1 Å². The van der Waals surface area contributed by atoms with Gasteiger partial charge in [0.2, 0.25) is 0 Å². The van der Waals surface area contributed by atoms with Gasteiger partial charge in [0.15, 0.2) is 0 Å². The molecule has 1 N–H and O–H groups in total. The molecule has 1 heterocycles. The van der Waals surface area contributed by atoms with Gasteiger partial charge in [0.05, 0.1) is 18.2 Å². The predicted octanol–water partition coefficient (Wildman–Crippen LogP) is 3.15. The molecule has 0 aliphatic heterocycles. The number of rotatable bonds is 3. The van der Waals surface area contributed by atoms with Gasteiger partial charge in [-0.25, -0.2) is 0 Å². The lowest BCUT2D eigenvalue weighted by Crippen LogP contribution is -2.19. The quantitative estimate of drug-likeness (QED) is 0.944. The van der Waals surface area contributed by atoms with E-state index in [2.05, 4.69) is 21.0 Å². The molecular weight excluding hydrogens is 284 g/mol. The first kappa shape index (κ1) is 15.1. The number of hydrogen-bond acceptors (Lipinski definition) is 5. The van der Waals surface area contributed by atoms with Crippen LogP contribution in [-0.2, 0) is 11.8 Å². The zero-order valence-corrected chi connectivity index (χ0v) is 13.0. The minimum absolute atomic E-state index is 0.206. The Morgan fingerprint density at radius 2 is 2.00 bits per heavy atom. The van der Waals surface area contributed by atoms with Gasteiger partial charge in [-0.2, -0.15) is 5.26 Å². The summed E-state index contributed by atoms with van der Waals surface area (Å²) < 4.78 is 3.88. The summed E-state index contributed by atoms with van der Waals surface area (Å²) in [7, 11) is 0. The summed E-state index contributed by atoms with van der Waals surface area (Å²) in [6.07, 6.45) is 0.362. The maximum absolute atomic E-state index is 12.3. The van der Waals surface area contributed by atoms with Crippen LogP contribution in [0.15, 0.2) is 24.3 Å². The second-order valence-corrected chi connectivity index (χ2v) is 6.44. The molecule has 2 aromatic rings. The molecule has 6 heteroatoms. The van der Waals surface area contributed by atoms with Gasteiger partial charge in [-0.15, -0.1) is 5.10 Å². The van der Waals surface area contributed by atoms with Crippen molar-refractivity contribution in [2.45, 2.75) is 32.6 Å². The van der Waals surface area contributed by atoms with E-state index in [9.17, 15) is 4.79 Å². The van der Waals surface area contributed by atoms with Gasteiger partial charge in [-0.1, -0.05) is 37.4 Å². The highest BCUT2D eigenvalue weighted by molar-refractivity contribution is 7.08. The Kier molecular flexibility index (Phi) is 4.34. The topological polar surface area (TPSA) is 78.7 Å². The molecule has 0 fully saturated rings. The van der Waals surface area contributed by atoms with Crippen molar-refractivity contribution in [2.24, 2.45) is 0 Å². The lowest BCUT2D eigenvalue weighted by Gasteiger charge is -2.16. The standard InChI is InChI=1S/C15H16N4OS/c1-15(2,3)13-12(21-19-18-13)14(20)17-11-6-4-10(5-7-11)8-9-16/h4-7H,8H2,1-3H3,(H,17,20). The van der Waals surface area contributed by atoms with Crippen LogP contribution in [0.1, 0.15) is 41.7 Å². The Labute approximate surface area is 127 Å². The van der Waals surface area contributed by atoms with E-state index in [0.29, 0.717) is 22.7 Å². The van der Waals surface area contributed by atoms with Crippen LogP contribution in [0.3, 0.4) is 0 Å². The lowest BCUT2D eigenvalue weighted by molar-refractivity contribution is 0.102. The molecule has 1 amide bonds. The second kappa shape index (κ2) is 6.02. The molecule has 108 valence electrons. The summed E-state index contributed by atoms with van der Waals surface area (Å²) in [5.74, 6) is -0.206. The normalized spacial score (nSPS) is 11.0. The van der Waals surface area contributed by atoms with Gasteiger partial charge in [0.25, 0.3) is 5.91 Å². The number of aromatic nitrogens is 2. The number of carbonyl (C=O) groups is 1. The molecule has 0 bridgehead atoms. The molecule has 0 saturated heterocycles. The average molecular weight is 300 g/mol. The highest BCUT2D eigenvalue weighted by Gasteiger charge is 2.26. The first-order valence-corrected chi connectivity index (χ1v) is 7.29. The zero-order valence-electron chi connectivity index (χ0n) is 12.2. The fourth-order valence-electron chi connectivity index (χ4n) is 1.82. The minimum atomic E-state index is -0.226. The fraction of sp³-hybridized carbons (Fsp3) is 0.333. The predicted molar refractivity (Wildman–Crippen MR) is 82.3 cm³/mol. The Morgan fingerprint density at radius 3 is 2.57 bits per heavy atom. The second-order valence-electron chi connectivity index (χ2n) is 5.69. The Balaban J connectivity index is 2.15. The maximum Gasteiger partial charge on any atom is 0.269 e. The highest BCUT2D eigenvalue weighted by atomic mass is 32.1. The first-order valence-electron chi connectivity index (χ1n) is 6.52. The highest BCUT2D eigenvalue weighted by Crippen LogP contribution is 2.26. The third-order valence-electron chi connectivity index (χ3n) is 2.90. The summed E-state index contributed by atoms with van der Waals surface area (Å²) >= 11 is 1.10. The smallest absolute Gasteiger partial charge is 0.269 e. The largest absolute Gasteiger partial charge is 0.321 e. The maximum atomic E-state index is 12.3. The van der Waals surface area contributed by atoms with Gasteiger partial charge < -0.3 is 5.32 Å². The number of nitrogens with one attached hydrogen (secondary N) is 1. The van der Waals surface area contributed by atoms with Crippen LogP contribution < -0.4 is 5.32 Å². The van der Waals surface area contributed by atoms with E-state index in [4.69, 9.17) is 5.26 Å². The molecule has 1 aromatic heterocycles. The van der Waals surface area contributed by atoms with E-state index in [0.717, 1.165) is 17.1 Å². The van der Waals surface area contributed by atoms with Gasteiger partial charge in [-0.05, 0) is 29.2 Å². The summed E-state index contributed by atoms with van der Waals surface area (Å²) in [5.41, 5.74) is 2.09. The van der Waals surface area contributed by atoms with Crippen molar-refractivity contribution in [3.8, 4) is 6.07 Å². The number of nitrogens with zero attached hydrogens (tertiary/aromatic N) is 3. The monoisotopic (exact) mass is 300 g/mol. The molecule has 0 atom stereocenters. The van der Waals surface area contributed by atoms with Crippen molar-refractivity contribution in [2.75, 3.05) is 5.32 Å². The molecule has 0 spiro atoms. The Bertz CT molecular complexity index is 677. The number of amides is 1. The molecular formula is C15H16N4OS. The van der Waals surface area contributed by atoms with Crippen molar-refractivity contribution in [1.29, 1.82) is 5.26 Å². The van der Waals surface area contributed by atoms with Crippen molar-refractivity contribution in [1.82, 2.24) is 9.59 Å². The van der Waals surface area contributed by atoms with Gasteiger partial charge in [0, 0.05) is 11.1 Å². The fourth-order valence-corrected chi connectivity index (χ4v) is 2.59. The number of anilines is 1. The SMILES string of the molecule is CC(C)(C)c1nnsc1C(=O)Nc1ccc(CC#N)cc1. The molecule has 0 aliphatic rings. The van der Waals surface area contributed by atoms with Gasteiger partial charge >= 0.3 is 0 Å². The van der Waals surface area contributed by atoms with Crippen LogP contribution in [0, 0.1) is 11.3 Å². The van der Waals surface area contributed by atoms with Crippen LogP contribution in [-0.4, -0.2) is 15.5 Å². The van der Waals surface area contributed by atoms with Crippen molar-refractivity contribution in [3.63, 3.8) is 0 Å². The van der Waals surface area contributed by atoms with Crippen molar-refractivity contribution < 1.29 is 4.79 Å². The Hall–Kier alpha value is -2.26. The molecule has 1 aromatic carbocycles. The zero-order chi connectivity index (χ0) is 15.5. The first-order chi connectivity index (χ1) is 9.91. The Morgan fingerprint density at radius 1 is 1.33 bits per heavy atom. The van der Waals surface area contributed by atoms with E-state index >= 15 is 0 Å². The van der Waals surface area contributed by atoms with E-state index in [-0.39, 0.29) is 11.3 Å². The van der Waals surface area contributed by atoms with Crippen LogP contribution in [0.4, 0.5) is 5.69 Å². The molecule has 0 unspecified atom stereocenters. The third kappa shape index (κ3) is 3.64. The van der Waals surface area contributed by atoms with E-state index in [1.807, 2.05) is 32.9 Å². The molecule has 0 aliphatic carbocycles. The van der Waals surface area contributed by atoms with Crippen LogP contribution in [0.5, 0.6) is 0 Å².